The molecule has 5 atom stereocenters. The van der Waals surface area contributed by atoms with Crippen LogP contribution in [-0.2, 0) is 44.8 Å². The van der Waals surface area contributed by atoms with Gasteiger partial charge in [0, 0.05) is 33.1 Å². The van der Waals surface area contributed by atoms with Crippen molar-refractivity contribution in [2.45, 2.75) is 30.7 Å². The molecule has 0 aliphatic carbocycles. The number of nitrogens with zero attached hydrogens (tertiary/aromatic N) is 1. The number of methoxy groups -OCH3 is 3. The number of rotatable bonds is 7. The van der Waals surface area contributed by atoms with Gasteiger partial charge in [-0.1, -0.05) is 12.1 Å². The molecule has 0 spiro atoms. The van der Waals surface area contributed by atoms with Gasteiger partial charge in [-0.25, -0.2) is 0 Å². The van der Waals surface area contributed by atoms with Crippen molar-refractivity contribution in [2.75, 3.05) is 34.5 Å². The number of ether oxygens (including phenoxy) is 4. The standard InChI is InChI=1S/C9H9NO3.C9H18O6.O.V/c11-8-4-2-1-3-7(8)5-10-6-9(12)13;1-12-4-5-8(13-2)6(10)7(11)9(14-3)15-5;;/h1-5,11H,6H2,(H,12,13);5-11H,4H2,1-3H3;;. The number of carbonyl (C=O) groups is 1. The summed E-state index contributed by atoms with van der Waals surface area (Å²) in [6, 6.07) is 6.59. The van der Waals surface area contributed by atoms with Gasteiger partial charge in [0.05, 0.1) is 6.61 Å². The summed E-state index contributed by atoms with van der Waals surface area (Å²) >= 11 is 1.06. The number of carboxylic acid groups (broad SMARTS) is 1. The Hall–Kier alpha value is -1.70. The third kappa shape index (κ3) is 9.41. The number of para-hydroxylation sites is 1. The second-order valence-electron chi connectivity index (χ2n) is 5.84. The van der Waals surface area contributed by atoms with Gasteiger partial charge < -0.3 is 39.4 Å². The van der Waals surface area contributed by atoms with E-state index in [4.69, 9.17) is 27.7 Å². The summed E-state index contributed by atoms with van der Waals surface area (Å²) < 4.78 is 28.5. The Kier molecular flexibility index (Phi) is 15.1. The number of benzene rings is 1. The van der Waals surface area contributed by atoms with Crippen LogP contribution in [-0.4, -0.2) is 97.8 Å². The van der Waals surface area contributed by atoms with Crippen LogP contribution in [0.15, 0.2) is 29.3 Å². The normalized spacial score (nSPS) is 25.5. The van der Waals surface area contributed by atoms with Crippen LogP contribution in [0.1, 0.15) is 5.56 Å². The van der Waals surface area contributed by atoms with Gasteiger partial charge in [-0.15, -0.1) is 0 Å². The summed E-state index contributed by atoms with van der Waals surface area (Å²) in [5.41, 5.74) is 0.517. The number of hydrogen-bond acceptors (Lipinski definition) is 10. The molecule has 1 aliphatic heterocycles. The minimum atomic E-state index is -1.12. The molecule has 0 amide bonds. The van der Waals surface area contributed by atoms with E-state index < -0.39 is 36.7 Å². The summed E-state index contributed by atoms with van der Waals surface area (Å²) in [6.45, 7) is -0.0174. The summed E-state index contributed by atoms with van der Waals surface area (Å²) in [5, 5.41) is 36.9. The number of aliphatic hydroxyl groups is 2. The van der Waals surface area contributed by atoms with Gasteiger partial charge in [0.15, 0.2) is 6.29 Å². The number of aliphatic carboxylic acids is 1. The van der Waals surface area contributed by atoms with E-state index in [-0.39, 0.29) is 18.9 Å². The van der Waals surface area contributed by atoms with Crippen molar-refractivity contribution in [3.63, 3.8) is 0 Å². The summed E-state index contributed by atoms with van der Waals surface area (Å²) in [5.74, 6) is -0.900. The number of aromatic hydroxyl groups is 1. The molecule has 4 N–H and O–H groups in total. The van der Waals surface area contributed by atoms with E-state index in [1.54, 1.807) is 18.2 Å². The first-order chi connectivity index (χ1) is 14.3. The predicted octanol–water partition coefficient (Wildman–Crippen LogP) is -0.485. The molecule has 0 aromatic heterocycles. The number of aliphatic imine (C=N–C) groups is 1. The average Bonchev–Trinajstić information content (AvgIpc) is 2.74. The zero-order chi connectivity index (χ0) is 23.1. The summed E-state index contributed by atoms with van der Waals surface area (Å²) in [4.78, 5) is 13.7. The number of phenolic OH excluding ortho intramolecular Hbond substituents is 1. The van der Waals surface area contributed by atoms with Gasteiger partial charge in [0.25, 0.3) is 0 Å². The molecule has 11 nitrogen and oxygen atoms in total. The molecule has 1 aliphatic rings. The number of aliphatic hydroxyl groups excluding tert-OH is 2. The molecule has 1 heterocycles. The van der Waals surface area contributed by atoms with Crippen LogP contribution in [0.5, 0.6) is 5.75 Å². The Morgan fingerprint density at radius 2 is 1.80 bits per heavy atom. The first-order valence-electron chi connectivity index (χ1n) is 8.59. The molecular formula is C18H27NO10V. The maximum absolute atomic E-state index is 10.1. The molecule has 12 heteroatoms. The first-order valence-corrected chi connectivity index (χ1v) is 9.16. The zero-order valence-electron chi connectivity index (χ0n) is 16.8. The van der Waals surface area contributed by atoms with Gasteiger partial charge >= 0.3 is 27.0 Å². The topological polar surface area (TPSA) is 164 Å². The number of hydrogen-bond donors (Lipinski definition) is 4. The third-order valence-corrected chi connectivity index (χ3v) is 3.87. The van der Waals surface area contributed by atoms with E-state index in [9.17, 15) is 20.1 Å². The molecule has 1 aromatic carbocycles. The van der Waals surface area contributed by atoms with Gasteiger partial charge in [0.1, 0.15) is 36.7 Å². The van der Waals surface area contributed by atoms with Crippen LogP contribution in [0, 0.1) is 0 Å². The van der Waals surface area contributed by atoms with Crippen molar-refractivity contribution in [1.82, 2.24) is 0 Å². The van der Waals surface area contributed by atoms with Crippen molar-refractivity contribution in [1.29, 1.82) is 0 Å². The molecule has 2 rings (SSSR count). The fourth-order valence-corrected chi connectivity index (χ4v) is 2.51. The van der Waals surface area contributed by atoms with E-state index in [0.717, 1.165) is 17.4 Å². The SMILES string of the molecule is COCC1OC(OC)C(O)C(O)C1OC.O=C(O)CN=Cc1ccccc1O.[O]=[V]. The molecule has 0 saturated carbocycles. The second-order valence-corrected chi connectivity index (χ2v) is 5.84. The van der Waals surface area contributed by atoms with Crippen LogP contribution < -0.4 is 0 Å². The molecule has 5 unspecified atom stereocenters. The van der Waals surface area contributed by atoms with Crippen LogP contribution >= 0.6 is 0 Å². The Morgan fingerprint density at radius 3 is 2.30 bits per heavy atom. The van der Waals surface area contributed by atoms with E-state index in [1.165, 1.54) is 33.6 Å². The van der Waals surface area contributed by atoms with Crippen LogP contribution in [0.3, 0.4) is 0 Å². The molecule has 1 fully saturated rings. The Bertz CT molecular complexity index is 647. The molecule has 1 saturated heterocycles. The average molecular weight is 468 g/mol. The van der Waals surface area contributed by atoms with Gasteiger partial charge in [-0.05, 0) is 12.1 Å². The predicted molar refractivity (Wildman–Crippen MR) is 99.2 cm³/mol. The first kappa shape index (κ1) is 28.3. The van der Waals surface area contributed by atoms with E-state index in [1.807, 2.05) is 0 Å². The van der Waals surface area contributed by atoms with E-state index in [2.05, 4.69) is 4.99 Å². The van der Waals surface area contributed by atoms with Crippen LogP contribution in [0.4, 0.5) is 0 Å². The Balaban J connectivity index is 0.000000522. The number of carboxylic acids is 1. The molecule has 0 radical (unpaired) electrons. The van der Waals surface area contributed by atoms with Crippen LogP contribution in [0.2, 0.25) is 0 Å². The van der Waals surface area contributed by atoms with Crippen molar-refractivity contribution in [3.05, 3.63) is 29.8 Å². The van der Waals surface area contributed by atoms with Gasteiger partial charge in [-0.3, -0.25) is 9.79 Å². The summed E-state index contributed by atoms with van der Waals surface area (Å²) in [6.07, 6.45) is -2.76. The molecule has 1 aromatic rings. The maximum atomic E-state index is 10.1. The minimum absolute atomic E-state index is 0.0941. The monoisotopic (exact) mass is 468 g/mol. The second kappa shape index (κ2) is 16.1. The van der Waals surface area contributed by atoms with Gasteiger partial charge in [-0.2, -0.15) is 0 Å². The third-order valence-electron chi connectivity index (χ3n) is 3.87. The Morgan fingerprint density at radius 1 is 1.17 bits per heavy atom. The fourth-order valence-electron chi connectivity index (χ4n) is 2.51. The zero-order valence-corrected chi connectivity index (χ0v) is 18.2. The quantitative estimate of drug-likeness (QED) is 0.384. The van der Waals surface area contributed by atoms with Crippen molar-refractivity contribution in [2.24, 2.45) is 4.99 Å². The van der Waals surface area contributed by atoms with Crippen molar-refractivity contribution in [3.8, 4) is 5.75 Å². The Labute approximate surface area is 183 Å². The van der Waals surface area contributed by atoms with Crippen LogP contribution in [0.25, 0.3) is 0 Å². The van der Waals surface area contributed by atoms with E-state index in [0.29, 0.717) is 5.56 Å². The molecule has 169 valence electrons. The molecule has 30 heavy (non-hydrogen) atoms. The summed E-state index contributed by atoms with van der Waals surface area (Å²) in [7, 11) is 4.37. The number of phenols is 1. The molecule has 0 bridgehead atoms. The fraction of sp³-hybridized carbons (Fsp3) is 0.556. The van der Waals surface area contributed by atoms with Crippen molar-refractivity contribution < 1.29 is 65.2 Å². The van der Waals surface area contributed by atoms with E-state index >= 15 is 0 Å². The van der Waals surface area contributed by atoms with Crippen molar-refractivity contribution >= 4 is 12.2 Å². The molecular weight excluding hydrogens is 441 g/mol. The van der Waals surface area contributed by atoms with Gasteiger partial charge in [0.2, 0.25) is 0 Å².